The van der Waals surface area contributed by atoms with Gasteiger partial charge in [0.1, 0.15) is 12.2 Å². The van der Waals surface area contributed by atoms with Gasteiger partial charge in [-0.25, -0.2) is 9.78 Å². The number of aromatic nitrogens is 3. The fourth-order valence-corrected chi connectivity index (χ4v) is 6.85. The molecule has 0 radical (unpaired) electrons. The molecule has 3 heterocycles. The predicted octanol–water partition coefficient (Wildman–Crippen LogP) is 3.83. The van der Waals surface area contributed by atoms with Gasteiger partial charge < -0.3 is 14.8 Å². The van der Waals surface area contributed by atoms with Crippen molar-refractivity contribution in [2.24, 2.45) is 23.2 Å². The Balaban J connectivity index is 1.21. The molecule has 158 valence electrons. The summed E-state index contributed by atoms with van der Waals surface area (Å²) < 4.78 is 13.5. The minimum atomic E-state index is -0.435. The SMILES string of the molecule is Cc1c(OC(=O)c2ccnc3c2OCCN3)cnn1CC12CC3CC(CC(C3)C1)C2. The van der Waals surface area contributed by atoms with Crippen LogP contribution in [0.1, 0.15) is 54.6 Å². The molecule has 2 aromatic heterocycles. The van der Waals surface area contributed by atoms with Crippen molar-refractivity contribution in [1.29, 1.82) is 0 Å². The van der Waals surface area contributed by atoms with Crippen LogP contribution in [0.4, 0.5) is 5.82 Å². The van der Waals surface area contributed by atoms with Gasteiger partial charge in [-0.1, -0.05) is 0 Å². The van der Waals surface area contributed by atoms with Crippen molar-refractivity contribution in [2.75, 3.05) is 18.5 Å². The minimum absolute atomic E-state index is 0.385. The van der Waals surface area contributed by atoms with Gasteiger partial charge in [0.25, 0.3) is 0 Å². The first-order valence-corrected chi connectivity index (χ1v) is 11.2. The predicted molar refractivity (Wildman–Crippen MR) is 111 cm³/mol. The van der Waals surface area contributed by atoms with E-state index in [9.17, 15) is 4.79 Å². The molecule has 0 aromatic carbocycles. The summed E-state index contributed by atoms with van der Waals surface area (Å²) in [5.74, 6) is 3.88. The van der Waals surface area contributed by atoms with E-state index in [1.165, 1.54) is 38.5 Å². The Labute approximate surface area is 176 Å². The van der Waals surface area contributed by atoms with Crippen molar-refractivity contribution in [2.45, 2.75) is 52.0 Å². The highest BCUT2D eigenvalue weighted by atomic mass is 16.5. The summed E-state index contributed by atoms with van der Waals surface area (Å²) >= 11 is 0. The van der Waals surface area contributed by atoms with Crippen LogP contribution in [0.5, 0.6) is 11.5 Å². The van der Waals surface area contributed by atoms with Crippen LogP contribution in [0.25, 0.3) is 0 Å². The largest absolute Gasteiger partial charge is 0.487 e. The third-order valence-corrected chi connectivity index (χ3v) is 7.68. The molecule has 7 nitrogen and oxygen atoms in total. The normalized spacial score (nSPS) is 31.0. The zero-order valence-electron chi connectivity index (χ0n) is 17.4. The highest BCUT2D eigenvalue weighted by molar-refractivity contribution is 5.95. The average molecular weight is 409 g/mol. The van der Waals surface area contributed by atoms with Gasteiger partial charge in [-0.2, -0.15) is 5.10 Å². The first kappa shape index (κ1) is 18.2. The summed E-state index contributed by atoms with van der Waals surface area (Å²) in [6.07, 6.45) is 11.6. The Hall–Kier alpha value is -2.57. The fourth-order valence-electron chi connectivity index (χ4n) is 6.85. The maximum atomic E-state index is 12.9. The lowest BCUT2D eigenvalue weighted by Crippen LogP contribution is -2.48. The molecule has 4 saturated carbocycles. The van der Waals surface area contributed by atoms with Crippen molar-refractivity contribution in [1.82, 2.24) is 14.8 Å². The number of rotatable bonds is 4. The molecule has 4 bridgehead atoms. The van der Waals surface area contributed by atoms with E-state index in [0.29, 0.717) is 41.4 Å². The summed E-state index contributed by atoms with van der Waals surface area (Å²) in [4.78, 5) is 17.1. The zero-order valence-corrected chi connectivity index (χ0v) is 17.4. The van der Waals surface area contributed by atoms with Gasteiger partial charge in [0.05, 0.1) is 18.4 Å². The summed E-state index contributed by atoms with van der Waals surface area (Å²) in [7, 11) is 0. The number of pyridine rings is 1. The summed E-state index contributed by atoms with van der Waals surface area (Å²) in [5, 5.41) is 7.76. The molecule has 5 aliphatic rings. The topological polar surface area (TPSA) is 78.3 Å². The third kappa shape index (κ3) is 2.97. The van der Waals surface area contributed by atoms with Gasteiger partial charge in [0.15, 0.2) is 17.3 Å². The Morgan fingerprint density at radius 1 is 1.27 bits per heavy atom. The highest BCUT2D eigenvalue weighted by Crippen LogP contribution is 2.60. The molecule has 0 atom stereocenters. The average Bonchev–Trinajstić information content (AvgIpc) is 3.05. The number of esters is 1. The van der Waals surface area contributed by atoms with Gasteiger partial charge in [-0.15, -0.1) is 0 Å². The van der Waals surface area contributed by atoms with Crippen molar-refractivity contribution < 1.29 is 14.3 Å². The number of carbonyl (C=O) groups excluding carboxylic acids is 1. The lowest BCUT2D eigenvalue weighted by atomic mass is 9.49. The van der Waals surface area contributed by atoms with Crippen LogP contribution >= 0.6 is 0 Å². The maximum Gasteiger partial charge on any atom is 0.347 e. The lowest BCUT2D eigenvalue weighted by molar-refractivity contribution is -0.0638. The molecular formula is C23H28N4O3. The number of hydrogen-bond acceptors (Lipinski definition) is 6. The zero-order chi connectivity index (χ0) is 20.3. The lowest BCUT2D eigenvalue weighted by Gasteiger charge is -2.56. The maximum absolute atomic E-state index is 12.9. The van der Waals surface area contributed by atoms with E-state index >= 15 is 0 Å². The van der Waals surface area contributed by atoms with E-state index < -0.39 is 5.97 Å². The van der Waals surface area contributed by atoms with Crippen molar-refractivity contribution >= 4 is 11.8 Å². The van der Waals surface area contributed by atoms with Crippen molar-refractivity contribution in [3.63, 3.8) is 0 Å². The second-order valence-electron chi connectivity index (χ2n) is 9.87. The van der Waals surface area contributed by atoms with Gasteiger partial charge in [0.2, 0.25) is 0 Å². The van der Waals surface area contributed by atoms with E-state index in [2.05, 4.69) is 20.1 Å². The summed E-state index contributed by atoms with van der Waals surface area (Å²) in [6.45, 7) is 4.11. The third-order valence-electron chi connectivity index (χ3n) is 7.68. The monoisotopic (exact) mass is 408 g/mol. The molecule has 7 heteroatoms. The van der Waals surface area contributed by atoms with Crippen LogP contribution in [0, 0.1) is 30.1 Å². The second kappa shape index (κ2) is 6.72. The Morgan fingerprint density at radius 3 is 2.73 bits per heavy atom. The van der Waals surface area contributed by atoms with Crippen LogP contribution < -0.4 is 14.8 Å². The van der Waals surface area contributed by atoms with Crippen molar-refractivity contribution in [3.8, 4) is 11.5 Å². The number of nitrogens with one attached hydrogen (secondary N) is 1. The van der Waals surface area contributed by atoms with Gasteiger partial charge in [-0.3, -0.25) is 4.68 Å². The van der Waals surface area contributed by atoms with E-state index in [1.807, 2.05) is 6.92 Å². The standard InChI is InChI=1S/C23H28N4O3/c1-14-19(30-22(28)18-2-3-24-21-20(18)29-5-4-25-21)12-26-27(14)13-23-9-15-6-16(10-23)8-17(7-15)11-23/h2-3,12,15-17H,4-11,13H2,1H3,(H,24,25). The molecule has 4 aliphatic carbocycles. The van der Waals surface area contributed by atoms with Crippen LogP contribution in [-0.4, -0.2) is 33.9 Å². The van der Waals surface area contributed by atoms with Crippen LogP contribution in [0.15, 0.2) is 18.5 Å². The van der Waals surface area contributed by atoms with Gasteiger partial charge in [0, 0.05) is 12.7 Å². The molecule has 1 aliphatic heterocycles. The highest BCUT2D eigenvalue weighted by Gasteiger charge is 2.51. The summed E-state index contributed by atoms with van der Waals surface area (Å²) in [6, 6.07) is 1.64. The van der Waals surface area contributed by atoms with E-state index in [1.54, 1.807) is 18.5 Å². The Kier molecular flexibility index (Phi) is 4.08. The quantitative estimate of drug-likeness (QED) is 0.775. The first-order chi connectivity index (χ1) is 14.6. The number of fused-ring (bicyclic) bond motifs is 1. The Morgan fingerprint density at radius 2 is 2.00 bits per heavy atom. The Bertz CT molecular complexity index is 963. The van der Waals surface area contributed by atoms with Crippen LogP contribution in [-0.2, 0) is 6.54 Å². The van der Waals surface area contributed by atoms with E-state index in [4.69, 9.17) is 9.47 Å². The number of carbonyl (C=O) groups is 1. The smallest absolute Gasteiger partial charge is 0.347 e. The van der Waals surface area contributed by atoms with Crippen molar-refractivity contribution in [3.05, 3.63) is 29.7 Å². The fraction of sp³-hybridized carbons (Fsp3) is 0.609. The molecule has 4 fully saturated rings. The molecule has 0 amide bonds. The van der Waals surface area contributed by atoms with Gasteiger partial charge >= 0.3 is 5.97 Å². The van der Waals surface area contributed by atoms with Gasteiger partial charge in [-0.05, 0) is 74.7 Å². The van der Waals surface area contributed by atoms with E-state index in [0.717, 1.165) is 30.0 Å². The number of ether oxygens (including phenoxy) is 2. The number of anilines is 1. The molecular weight excluding hydrogens is 380 g/mol. The molecule has 7 rings (SSSR count). The van der Waals surface area contributed by atoms with Crippen LogP contribution in [0.2, 0.25) is 0 Å². The number of hydrogen-bond donors (Lipinski definition) is 1. The molecule has 0 saturated heterocycles. The minimum Gasteiger partial charge on any atom is -0.487 e. The number of nitrogens with zero attached hydrogens (tertiary/aromatic N) is 3. The molecule has 0 unspecified atom stereocenters. The second-order valence-corrected chi connectivity index (χ2v) is 9.87. The van der Waals surface area contributed by atoms with Crippen LogP contribution in [0.3, 0.4) is 0 Å². The molecule has 2 aromatic rings. The van der Waals surface area contributed by atoms with E-state index in [-0.39, 0.29) is 0 Å². The molecule has 0 spiro atoms. The summed E-state index contributed by atoms with van der Waals surface area (Å²) in [5.41, 5.74) is 1.69. The molecule has 1 N–H and O–H groups in total. The molecule has 30 heavy (non-hydrogen) atoms. The first-order valence-electron chi connectivity index (χ1n) is 11.2.